The molecule has 554 valence electrons. The lowest BCUT2D eigenvalue weighted by Gasteiger charge is -2.17. The van der Waals surface area contributed by atoms with Gasteiger partial charge < -0.3 is 14.2 Å². The summed E-state index contributed by atoms with van der Waals surface area (Å²) in [7, 11) is 0. The lowest BCUT2D eigenvalue weighted by atomic mass is 9.91. The number of aromatic nitrogens is 3. The molecule has 0 fully saturated rings. The Morgan fingerprint density at radius 1 is 0.162 bits per heavy atom. The molecule has 3 heterocycles. The van der Waals surface area contributed by atoms with Gasteiger partial charge in [-0.15, -0.1) is 0 Å². The predicted molar refractivity (Wildman–Crippen MR) is 470 cm³/mol. The molecule has 0 radical (unpaired) electrons. The molecule has 0 spiro atoms. The van der Waals surface area contributed by atoms with Crippen LogP contribution in [0.15, 0.2) is 431 Å². The molecule has 3 aromatic heterocycles. The van der Waals surface area contributed by atoms with E-state index in [1.54, 1.807) is 36.8 Å². The molecule has 0 amide bonds. The van der Waals surface area contributed by atoms with Crippen molar-refractivity contribution in [2.45, 2.75) is 0 Å². The van der Waals surface area contributed by atoms with Crippen LogP contribution in [0.4, 0.5) is 0 Å². The molecular weight excluding hydrogens is 1440 g/mol. The summed E-state index contributed by atoms with van der Waals surface area (Å²) in [5.41, 5.74) is 24.0. The van der Waals surface area contributed by atoms with Crippen LogP contribution in [0.3, 0.4) is 0 Å². The van der Waals surface area contributed by atoms with Crippen LogP contribution in [0.2, 0.25) is 0 Å². The number of nitrogens with zero attached hydrogens (tertiary/aromatic N) is 3. The van der Waals surface area contributed by atoms with E-state index in [0.29, 0.717) is 33.8 Å². The minimum absolute atomic E-state index is 0.142. The Morgan fingerprint density at radius 3 is 0.632 bits per heavy atom. The van der Waals surface area contributed by atoms with Gasteiger partial charge in [0.1, 0.15) is 17.2 Å². The van der Waals surface area contributed by atoms with Crippen LogP contribution in [0, 0.1) is 0 Å². The second-order valence-electron chi connectivity index (χ2n) is 28.5. The zero-order valence-electron chi connectivity index (χ0n) is 63.3. The lowest BCUT2D eigenvalue weighted by molar-refractivity contribution is 0.0735. The van der Waals surface area contributed by atoms with Crippen molar-refractivity contribution in [1.82, 2.24) is 15.0 Å². The first kappa shape index (κ1) is 72.7. The SMILES string of the molecule is O=C(Oc1ccc(-c2ccccn2)cc1-c1cccc(-c2cc(-c3ccccc3)cc(-c3ccccc3)c2)c1)c1cc(C(=O)Oc2ccc(-c3ccccn3)cc2-c2cccc(-c3cc(-c4ccccc4)cc(-c4ccccc4)c3)c2)cc(C(=O)Oc2ccc(-c3ccccn3)cc2-c2cc(-c3ccccc3)cc(-c3ccccc3)c2)c1. The number of ether oxygens (including phenoxy) is 3. The van der Waals surface area contributed by atoms with Crippen molar-refractivity contribution in [3.05, 3.63) is 448 Å². The third-order valence-electron chi connectivity index (χ3n) is 20.8. The molecule has 18 aromatic rings. The molecule has 18 rings (SSSR count). The fraction of sp³-hybridized carbons (Fsp3) is 0. The number of hydrogen-bond acceptors (Lipinski definition) is 9. The summed E-state index contributed by atoms with van der Waals surface area (Å²) in [4.78, 5) is 61.5. The van der Waals surface area contributed by atoms with Gasteiger partial charge in [-0.25, -0.2) is 14.4 Å². The Morgan fingerprint density at radius 2 is 0.376 bits per heavy atom. The maximum absolute atomic E-state index is 15.8. The molecular formula is C108H71N3O6. The van der Waals surface area contributed by atoms with Crippen molar-refractivity contribution < 1.29 is 28.6 Å². The van der Waals surface area contributed by atoms with E-state index >= 15 is 14.4 Å². The molecule has 15 aromatic carbocycles. The monoisotopic (exact) mass is 1510 g/mol. The molecule has 0 N–H and O–H groups in total. The Bertz CT molecular complexity index is 6210. The average molecular weight is 1510 g/mol. The molecule has 9 heteroatoms. The van der Waals surface area contributed by atoms with Crippen LogP contribution in [0.5, 0.6) is 17.2 Å². The smallest absolute Gasteiger partial charge is 0.343 e. The first-order valence-corrected chi connectivity index (χ1v) is 38.6. The number of benzene rings is 15. The van der Waals surface area contributed by atoms with E-state index in [1.165, 1.54) is 18.2 Å². The van der Waals surface area contributed by atoms with Crippen LogP contribution >= 0.6 is 0 Å². The minimum Gasteiger partial charge on any atom is -0.422 e. The standard InChI is InChI=1S/C108H71N3O6/c112-106(115-103-49-46-82(100-43-19-22-52-109-100)69-97(103)80-41-25-39-78(55-80)91-60-85(72-27-7-1-8-28-72)57-86(61-91)73-29-9-2-10-30-73)94-66-95(68-96(67-94)108(114)117-105-51-48-84(102-45-21-24-54-111-102)71-99(105)93-64-89(76-35-15-5-16-36-76)59-90(65-93)77-37-17-6-18-38-77)107(113)116-104-50-47-83(101-44-20-23-53-110-101)70-98(104)81-42-26-40-79(56-81)92-62-87(74-31-11-3-12-32-74)58-88(63-92)75-33-13-4-14-34-75/h1-71H. The number of pyridine rings is 3. The van der Waals surface area contributed by atoms with Crippen LogP contribution in [0.25, 0.3) is 156 Å². The summed E-state index contributed by atoms with van der Waals surface area (Å²) in [5, 5.41) is 0. The van der Waals surface area contributed by atoms with Crippen molar-refractivity contribution >= 4 is 17.9 Å². The summed E-state index contributed by atoms with van der Waals surface area (Å²) >= 11 is 0. The van der Waals surface area contributed by atoms with Gasteiger partial charge in [0, 0.05) is 52.0 Å². The van der Waals surface area contributed by atoms with Gasteiger partial charge in [0.2, 0.25) is 0 Å². The Kier molecular flexibility index (Phi) is 20.6. The topological polar surface area (TPSA) is 118 Å². The van der Waals surface area contributed by atoms with Gasteiger partial charge in [-0.3, -0.25) is 15.0 Å². The van der Waals surface area contributed by atoms with Gasteiger partial charge in [0.15, 0.2) is 0 Å². The van der Waals surface area contributed by atoms with Crippen molar-refractivity contribution in [3.8, 4) is 173 Å². The van der Waals surface area contributed by atoms with Gasteiger partial charge in [-0.05, 0) is 282 Å². The zero-order valence-corrected chi connectivity index (χ0v) is 63.3. The van der Waals surface area contributed by atoms with Gasteiger partial charge in [0.05, 0.1) is 33.8 Å². The van der Waals surface area contributed by atoms with E-state index in [4.69, 9.17) is 29.2 Å². The fourth-order valence-electron chi connectivity index (χ4n) is 15.0. The third-order valence-corrected chi connectivity index (χ3v) is 20.8. The summed E-state index contributed by atoms with van der Waals surface area (Å²) in [5.74, 6) is -2.02. The molecule has 9 nitrogen and oxygen atoms in total. The van der Waals surface area contributed by atoms with Crippen LogP contribution < -0.4 is 14.2 Å². The largest absolute Gasteiger partial charge is 0.422 e. The van der Waals surface area contributed by atoms with E-state index in [-0.39, 0.29) is 33.9 Å². The van der Waals surface area contributed by atoms with Gasteiger partial charge in [-0.1, -0.05) is 237 Å². The molecule has 0 bridgehead atoms. The molecule has 117 heavy (non-hydrogen) atoms. The zero-order chi connectivity index (χ0) is 78.8. The fourth-order valence-corrected chi connectivity index (χ4v) is 15.0. The predicted octanol–water partition coefficient (Wildman–Crippen LogP) is 26.9. The summed E-state index contributed by atoms with van der Waals surface area (Å²) in [6, 6.07) is 135. The normalized spacial score (nSPS) is 11.0. The number of rotatable bonds is 20. The Hall–Kier alpha value is -15.8. The van der Waals surface area contributed by atoms with E-state index in [1.807, 2.05) is 224 Å². The van der Waals surface area contributed by atoms with E-state index in [9.17, 15) is 0 Å². The quantitative estimate of drug-likeness (QED) is 0.0543. The van der Waals surface area contributed by atoms with Gasteiger partial charge in [-0.2, -0.15) is 0 Å². The molecule has 0 aliphatic heterocycles. The number of carbonyl (C=O) groups is 3. The van der Waals surface area contributed by atoms with Gasteiger partial charge >= 0.3 is 17.9 Å². The second kappa shape index (κ2) is 33.2. The highest BCUT2D eigenvalue weighted by Crippen LogP contribution is 2.44. The second-order valence-corrected chi connectivity index (χ2v) is 28.5. The van der Waals surface area contributed by atoms with Crippen molar-refractivity contribution in [2.75, 3.05) is 0 Å². The first-order chi connectivity index (χ1) is 57.7. The molecule has 0 atom stereocenters. The van der Waals surface area contributed by atoms with Crippen molar-refractivity contribution in [1.29, 1.82) is 0 Å². The highest BCUT2D eigenvalue weighted by atomic mass is 16.5. The average Bonchev–Trinajstić information content (AvgIpc) is 0.780. The molecule has 0 aliphatic carbocycles. The third kappa shape index (κ3) is 16.3. The van der Waals surface area contributed by atoms with E-state index in [2.05, 4.69) is 152 Å². The Balaban J connectivity index is 0.760. The van der Waals surface area contributed by atoms with Crippen LogP contribution in [-0.4, -0.2) is 32.9 Å². The van der Waals surface area contributed by atoms with Gasteiger partial charge in [0.25, 0.3) is 0 Å². The van der Waals surface area contributed by atoms with E-state index < -0.39 is 17.9 Å². The summed E-state index contributed by atoms with van der Waals surface area (Å²) in [6.45, 7) is 0. The Labute approximate surface area is 678 Å². The highest BCUT2D eigenvalue weighted by Gasteiger charge is 2.26. The number of esters is 3. The van der Waals surface area contributed by atoms with E-state index in [0.717, 1.165) is 122 Å². The number of hydrogen-bond donors (Lipinski definition) is 0. The van der Waals surface area contributed by atoms with Crippen molar-refractivity contribution in [2.24, 2.45) is 0 Å². The van der Waals surface area contributed by atoms with Crippen LogP contribution in [0.1, 0.15) is 31.1 Å². The first-order valence-electron chi connectivity index (χ1n) is 38.6. The minimum atomic E-state index is -0.875. The summed E-state index contributed by atoms with van der Waals surface area (Å²) in [6.07, 6.45) is 5.21. The lowest BCUT2D eigenvalue weighted by Crippen LogP contribution is -2.17. The molecule has 0 saturated carbocycles. The number of carbonyl (C=O) groups excluding carboxylic acids is 3. The maximum Gasteiger partial charge on any atom is 0.343 e. The molecule has 0 saturated heterocycles. The summed E-state index contributed by atoms with van der Waals surface area (Å²) < 4.78 is 20.0. The maximum atomic E-state index is 15.8. The van der Waals surface area contributed by atoms with Crippen LogP contribution in [-0.2, 0) is 0 Å². The van der Waals surface area contributed by atoms with Crippen molar-refractivity contribution in [3.63, 3.8) is 0 Å². The molecule has 0 aliphatic rings. The highest BCUT2D eigenvalue weighted by molar-refractivity contribution is 6.03. The molecule has 0 unspecified atom stereocenters.